The largest absolute Gasteiger partial charge is 0.321 e. The van der Waals surface area contributed by atoms with Crippen LogP contribution in [0.1, 0.15) is 26.3 Å². The monoisotopic (exact) mass is 326 g/mol. The van der Waals surface area contributed by atoms with E-state index >= 15 is 0 Å². The van der Waals surface area contributed by atoms with Crippen molar-refractivity contribution in [3.8, 4) is 0 Å². The third-order valence-electron chi connectivity index (χ3n) is 4.06. The fourth-order valence-corrected chi connectivity index (χ4v) is 2.83. The topological polar surface area (TPSA) is 58.5 Å². The number of fused-ring (bicyclic) bond motifs is 1. The first-order chi connectivity index (χ1) is 12.2. The van der Waals surface area contributed by atoms with Crippen molar-refractivity contribution in [1.82, 2.24) is 0 Å². The summed E-state index contributed by atoms with van der Waals surface area (Å²) in [5, 5.41) is 2.88. The average Bonchev–Trinajstić information content (AvgIpc) is 3.00. The Balaban J connectivity index is 1.69. The molecule has 120 valence electrons. The van der Waals surface area contributed by atoms with Gasteiger partial charge in [0.15, 0.2) is 0 Å². The molecule has 0 unspecified atom stereocenters. The summed E-state index contributed by atoms with van der Waals surface area (Å²) < 4.78 is 0. The summed E-state index contributed by atoms with van der Waals surface area (Å²) in [4.78, 5) is 29.6. The summed E-state index contributed by atoms with van der Waals surface area (Å²) in [6, 6.07) is 23.4. The molecular formula is C21H14N2O2. The Morgan fingerprint density at radius 3 is 2.16 bits per heavy atom. The molecule has 0 spiro atoms. The van der Waals surface area contributed by atoms with Gasteiger partial charge in [-0.1, -0.05) is 48.5 Å². The minimum absolute atomic E-state index is 0.128. The summed E-state index contributed by atoms with van der Waals surface area (Å²) in [6.45, 7) is 0. The molecule has 0 atom stereocenters. The molecule has 1 heterocycles. The van der Waals surface area contributed by atoms with Gasteiger partial charge in [0.1, 0.15) is 5.71 Å². The smallest absolute Gasteiger partial charge is 0.255 e. The maximum absolute atomic E-state index is 12.7. The Morgan fingerprint density at radius 1 is 0.760 bits per heavy atom. The molecular weight excluding hydrogens is 312 g/mol. The minimum atomic E-state index is -0.225. The molecule has 0 radical (unpaired) electrons. The summed E-state index contributed by atoms with van der Waals surface area (Å²) >= 11 is 0. The van der Waals surface area contributed by atoms with Crippen molar-refractivity contribution in [3.63, 3.8) is 0 Å². The highest BCUT2D eigenvalue weighted by Crippen LogP contribution is 2.30. The SMILES string of the molecule is O=C(Nc1ccccc1C1=Nc2ccccc2C1=O)c1ccccc1. The Morgan fingerprint density at radius 2 is 1.40 bits per heavy atom. The van der Waals surface area contributed by atoms with E-state index < -0.39 is 0 Å². The normalized spacial score (nSPS) is 12.5. The molecule has 1 N–H and O–H groups in total. The zero-order valence-electron chi connectivity index (χ0n) is 13.3. The number of amides is 1. The molecule has 1 amide bonds. The third kappa shape index (κ3) is 2.74. The second-order valence-electron chi connectivity index (χ2n) is 5.67. The van der Waals surface area contributed by atoms with E-state index in [9.17, 15) is 9.59 Å². The molecule has 4 rings (SSSR count). The minimum Gasteiger partial charge on any atom is -0.321 e. The Kier molecular flexibility index (Phi) is 3.71. The van der Waals surface area contributed by atoms with Gasteiger partial charge in [-0.05, 0) is 30.3 Å². The van der Waals surface area contributed by atoms with Gasteiger partial charge >= 0.3 is 0 Å². The number of nitrogens with one attached hydrogen (secondary N) is 1. The molecule has 1 aliphatic rings. The van der Waals surface area contributed by atoms with Crippen molar-refractivity contribution < 1.29 is 9.59 Å². The highest BCUT2D eigenvalue weighted by atomic mass is 16.1. The average molecular weight is 326 g/mol. The van der Waals surface area contributed by atoms with Crippen LogP contribution >= 0.6 is 0 Å². The second-order valence-corrected chi connectivity index (χ2v) is 5.67. The first-order valence-corrected chi connectivity index (χ1v) is 7.92. The Labute approximate surface area is 144 Å². The van der Waals surface area contributed by atoms with Crippen LogP contribution in [0.5, 0.6) is 0 Å². The fraction of sp³-hybridized carbons (Fsp3) is 0. The fourth-order valence-electron chi connectivity index (χ4n) is 2.83. The molecule has 4 nitrogen and oxygen atoms in total. The van der Waals surface area contributed by atoms with Crippen molar-refractivity contribution in [2.45, 2.75) is 0 Å². The zero-order chi connectivity index (χ0) is 17.2. The van der Waals surface area contributed by atoms with Crippen molar-refractivity contribution >= 4 is 28.8 Å². The van der Waals surface area contributed by atoms with Crippen molar-refractivity contribution in [2.75, 3.05) is 5.32 Å². The van der Waals surface area contributed by atoms with Crippen LogP contribution in [-0.2, 0) is 0 Å². The lowest BCUT2D eigenvalue weighted by atomic mass is 10.0. The Hall–Kier alpha value is -3.53. The van der Waals surface area contributed by atoms with E-state index in [2.05, 4.69) is 10.3 Å². The number of para-hydroxylation sites is 2. The molecule has 0 aliphatic carbocycles. The second kappa shape index (κ2) is 6.17. The van der Waals surface area contributed by atoms with Gasteiger partial charge in [-0.15, -0.1) is 0 Å². The third-order valence-corrected chi connectivity index (χ3v) is 4.06. The number of rotatable bonds is 3. The maximum Gasteiger partial charge on any atom is 0.255 e. The number of anilines is 1. The number of nitrogens with zero attached hydrogens (tertiary/aromatic N) is 1. The first-order valence-electron chi connectivity index (χ1n) is 7.92. The predicted molar refractivity (Wildman–Crippen MR) is 97.8 cm³/mol. The molecule has 4 heteroatoms. The van der Waals surface area contributed by atoms with Crippen LogP contribution in [0.4, 0.5) is 11.4 Å². The molecule has 0 aromatic heterocycles. The number of carbonyl (C=O) groups is 2. The molecule has 25 heavy (non-hydrogen) atoms. The number of hydrogen-bond donors (Lipinski definition) is 1. The molecule has 3 aromatic rings. The van der Waals surface area contributed by atoms with Crippen LogP contribution < -0.4 is 5.32 Å². The van der Waals surface area contributed by atoms with E-state index in [1.807, 2.05) is 48.5 Å². The van der Waals surface area contributed by atoms with Gasteiger partial charge in [0.2, 0.25) is 5.78 Å². The quantitative estimate of drug-likeness (QED) is 0.782. The van der Waals surface area contributed by atoms with Crippen LogP contribution in [0.15, 0.2) is 83.9 Å². The van der Waals surface area contributed by atoms with Crippen LogP contribution in [-0.4, -0.2) is 17.4 Å². The number of ketones is 1. The standard InChI is InChI=1S/C21H14N2O2/c24-20-16-11-5-7-13-18(16)22-19(20)15-10-4-6-12-17(15)23-21(25)14-8-2-1-3-9-14/h1-13H,(H,23,25). The van der Waals surface area contributed by atoms with Crippen molar-refractivity contribution in [1.29, 1.82) is 0 Å². The van der Waals surface area contributed by atoms with Gasteiger partial charge in [-0.25, -0.2) is 4.99 Å². The molecule has 0 saturated carbocycles. The molecule has 0 saturated heterocycles. The number of benzene rings is 3. The van der Waals surface area contributed by atoms with Crippen molar-refractivity contribution in [3.05, 3.63) is 95.6 Å². The molecule has 1 aliphatic heterocycles. The van der Waals surface area contributed by atoms with E-state index in [1.165, 1.54) is 0 Å². The Bertz CT molecular complexity index is 1010. The van der Waals surface area contributed by atoms with Gasteiger partial charge in [0.25, 0.3) is 5.91 Å². The van der Waals surface area contributed by atoms with E-state index in [4.69, 9.17) is 0 Å². The van der Waals surface area contributed by atoms with E-state index in [1.54, 1.807) is 30.3 Å². The molecule has 0 bridgehead atoms. The van der Waals surface area contributed by atoms with Gasteiger partial charge in [0.05, 0.1) is 11.4 Å². The van der Waals surface area contributed by atoms with Crippen LogP contribution in [0, 0.1) is 0 Å². The van der Waals surface area contributed by atoms with Crippen LogP contribution in [0.2, 0.25) is 0 Å². The number of Topliss-reactive ketones (excluding diaryl/α,β-unsaturated/α-hetero) is 1. The number of aliphatic imine (C=N–C) groups is 1. The predicted octanol–water partition coefficient (Wildman–Crippen LogP) is 4.26. The lowest BCUT2D eigenvalue weighted by molar-refractivity contribution is 0.102. The molecule has 3 aromatic carbocycles. The van der Waals surface area contributed by atoms with Gasteiger partial charge in [-0.3, -0.25) is 9.59 Å². The summed E-state index contributed by atoms with van der Waals surface area (Å²) in [7, 11) is 0. The van der Waals surface area contributed by atoms with Crippen molar-refractivity contribution in [2.24, 2.45) is 4.99 Å². The van der Waals surface area contributed by atoms with Crippen LogP contribution in [0.25, 0.3) is 0 Å². The zero-order valence-corrected chi connectivity index (χ0v) is 13.3. The van der Waals surface area contributed by atoms with Gasteiger partial charge < -0.3 is 5.32 Å². The highest BCUT2D eigenvalue weighted by Gasteiger charge is 2.27. The summed E-state index contributed by atoms with van der Waals surface area (Å²) in [5.41, 5.74) is 3.34. The van der Waals surface area contributed by atoms with E-state index in [0.29, 0.717) is 33.8 Å². The van der Waals surface area contributed by atoms with Crippen LogP contribution in [0.3, 0.4) is 0 Å². The van der Waals surface area contributed by atoms with E-state index in [-0.39, 0.29) is 11.7 Å². The van der Waals surface area contributed by atoms with Gasteiger partial charge in [0, 0.05) is 16.7 Å². The highest BCUT2D eigenvalue weighted by molar-refractivity contribution is 6.55. The maximum atomic E-state index is 12.7. The first kappa shape index (κ1) is 15.0. The lowest BCUT2D eigenvalue weighted by Crippen LogP contribution is -2.17. The number of carbonyl (C=O) groups excluding carboxylic acids is 2. The summed E-state index contributed by atoms with van der Waals surface area (Å²) in [5.74, 6) is -0.353. The van der Waals surface area contributed by atoms with Gasteiger partial charge in [-0.2, -0.15) is 0 Å². The van der Waals surface area contributed by atoms with E-state index in [0.717, 1.165) is 0 Å². The molecule has 0 fully saturated rings. The lowest BCUT2D eigenvalue weighted by Gasteiger charge is -2.10. The summed E-state index contributed by atoms with van der Waals surface area (Å²) in [6.07, 6.45) is 0. The number of hydrogen-bond acceptors (Lipinski definition) is 3.